The summed E-state index contributed by atoms with van der Waals surface area (Å²) in [6.45, 7) is 1.94. The smallest absolute Gasteiger partial charge is 0.252 e. The molecule has 0 aliphatic rings. The monoisotopic (exact) mass is 226 g/mol. The van der Waals surface area contributed by atoms with E-state index in [9.17, 15) is 4.79 Å². The largest absolute Gasteiger partial charge is 0.361 e. The molecule has 2 aromatic rings. The minimum atomic E-state index is -0.204. The van der Waals surface area contributed by atoms with Gasteiger partial charge in [-0.15, -0.1) is 6.42 Å². The second-order valence-electron chi connectivity index (χ2n) is 3.88. The van der Waals surface area contributed by atoms with Crippen LogP contribution >= 0.6 is 0 Å². The zero-order valence-corrected chi connectivity index (χ0v) is 9.66. The van der Waals surface area contributed by atoms with Gasteiger partial charge >= 0.3 is 0 Å². The van der Waals surface area contributed by atoms with Crippen LogP contribution in [0.1, 0.15) is 23.7 Å². The molecule has 1 unspecified atom stereocenters. The van der Waals surface area contributed by atoms with Crippen LogP contribution in [0.25, 0.3) is 10.9 Å². The third-order valence-corrected chi connectivity index (χ3v) is 2.73. The van der Waals surface area contributed by atoms with E-state index in [0.717, 1.165) is 17.3 Å². The molecule has 0 saturated heterocycles. The highest BCUT2D eigenvalue weighted by molar-refractivity contribution is 5.98. The van der Waals surface area contributed by atoms with Gasteiger partial charge in [-0.3, -0.25) is 4.79 Å². The Morgan fingerprint density at radius 1 is 1.53 bits per heavy atom. The first-order valence-electron chi connectivity index (χ1n) is 5.58. The Balaban J connectivity index is 2.21. The standard InChI is InChI=1S/C14H14N2O/c1-3-12(4-2)16-14(17)11-5-6-13-10(9-11)7-8-15-13/h1,5-9,12,15H,4H2,2H3,(H,16,17). The molecule has 2 rings (SSSR count). The molecule has 1 heterocycles. The van der Waals surface area contributed by atoms with Crippen LogP contribution in [0.3, 0.4) is 0 Å². The highest BCUT2D eigenvalue weighted by Crippen LogP contribution is 2.14. The molecule has 1 amide bonds. The topological polar surface area (TPSA) is 44.9 Å². The first-order valence-corrected chi connectivity index (χ1v) is 5.58. The number of carbonyl (C=O) groups excluding carboxylic acids is 1. The third-order valence-electron chi connectivity index (χ3n) is 2.73. The zero-order chi connectivity index (χ0) is 12.3. The lowest BCUT2D eigenvalue weighted by Gasteiger charge is -2.10. The molecule has 3 nitrogen and oxygen atoms in total. The van der Waals surface area contributed by atoms with Gasteiger partial charge in [0.25, 0.3) is 5.91 Å². The quantitative estimate of drug-likeness (QED) is 0.775. The molecule has 0 radical (unpaired) electrons. The number of rotatable bonds is 3. The number of terminal acetylenes is 1. The van der Waals surface area contributed by atoms with E-state index in [0.29, 0.717) is 5.56 Å². The molecule has 1 aromatic heterocycles. The molecular formula is C14H14N2O. The Morgan fingerprint density at radius 3 is 3.06 bits per heavy atom. The lowest BCUT2D eigenvalue weighted by atomic mass is 10.1. The summed E-state index contributed by atoms with van der Waals surface area (Å²) in [7, 11) is 0. The average Bonchev–Trinajstić information content (AvgIpc) is 2.82. The van der Waals surface area contributed by atoms with E-state index in [2.05, 4.69) is 16.2 Å². The lowest BCUT2D eigenvalue weighted by molar-refractivity contribution is 0.0945. The highest BCUT2D eigenvalue weighted by Gasteiger charge is 2.10. The summed E-state index contributed by atoms with van der Waals surface area (Å²) in [5.41, 5.74) is 1.65. The van der Waals surface area contributed by atoms with Crippen molar-refractivity contribution >= 4 is 16.8 Å². The van der Waals surface area contributed by atoms with Crippen LogP contribution < -0.4 is 5.32 Å². The number of H-pyrrole nitrogens is 1. The van der Waals surface area contributed by atoms with E-state index in [1.165, 1.54) is 0 Å². The fraction of sp³-hybridized carbons (Fsp3) is 0.214. The maximum atomic E-state index is 11.9. The summed E-state index contributed by atoms with van der Waals surface area (Å²) in [6, 6.07) is 7.26. The van der Waals surface area contributed by atoms with Crippen molar-refractivity contribution in [3.63, 3.8) is 0 Å². The number of hydrogen-bond donors (Lipinski definition) is 2. The van der Waals surface area contributed by atoms with Crippen LogP contribution in [0.4, 0.5) is 0 Å². The number of aromatic amines is 1. The predicted molar refractivity (Wildman–Crippen MR) is 68.7 cm³/mol. The van der Waals surface area contributed by atoms with Gasteiger partial charge in [-0.25, -0.2) is 0 Å². The van der Waals surface area contributed by atoms with E-state index >= 15 is 0 Å². The van der Waals surface area contributed by atoms with Gasteiger partial charge in [0.05, 0.1) is 6.04 Å². The van der Waals surface area contributed by atoms with Crippen LogP contribution in [-0.4, -0.2) is 16.9 Å². The number of hydrogen-bond acceptors (Lipinski definition) is 1. The van der Waals surface area contributed by atoms with Gasteiger partial charge in [0, 0.05) is 22.7 Å². The van der Waals surface area contributed by atoms with Crippen LogP contribution in [0, 0.1) is 12.3 Å². The van der Waals surface area contributed by atoms with Gasteiger partial charge in [0.2, 0.25) is 0 Å². The third kappa shape index (κ3) is 2.31. The van der Waals surface area contributed by atoms with Crippen LogP contribution in [0.5, 0.6) is 0 Å². The van der Waals surface area contributed by atoms with Crippen molar-refractivity contribution in [1.29, 1.82) is 0 Å². The van der Waals surface area contributed by atoms with Crippen molar-refractivity contribution in [3.8, 4) is 12.3 Å². The van der Waals surface area contributed by atoms with Gasteiger partial charge < -0.3 is 10.3 Å². The summed E-state index contributed by atoms with van der Waals surface area (Å²) in [5, 5.41) is 3.82. The van der Waals surface area contributed by atoms with Crippen LogP contribution in [0.15, 0.2) is 30.5 Å². The molecule has 0 spiro atoms. The van der Waals surface area contributed by atoms with E-state index in [1.54, 1.807) is 6.07 Å². The SMILES string of the molecule is C#CC(CC)NC(=O)c1ccc2[nH]ccc2c1. The Hall–Kier alpha value is -2.21. The fourth-order valence-corrected chi connectivity index (χ4v) is 1.70. The molecular weight excluding hydrogens is 212 g/mol. The molecule has 3 heteroatoms. The van der Waals surface area contributed by atoms with E-state index in [4.69, 9.17) is 6.42 Å². The summed E-state index contributed by atoms with van der Waals surface area (Å²) < 4.78 is 0. The maximum Gasteiger partial charge on any atom is 0.252 e. The number of carbonyl (C=O) groups is 1. The summed E-state index contributed by atoms with van der Waals surface area (Å²) >= 11 is 0. The molecule has 86 valence electrons. The van der Waals surface area contributed by atoms with E-state index in [1.807, 2.05) is 31.3 Å². The number of nitrogens with one attached hydrogen (secondary N) is 2. The Bertz CT molecular complexity index is 577. The molecule has 17 heavy (non-hydrogen) atoms. The normalized spacial score (nSPS) is 12.0. The minimum Gasteiger partial charge on any atom is -0.361 e. The fourth-order valence-electron chi connectivity index (χ4n) is 1.70. The van der Waals surface area contributed by atoms with Crippen molar-refractivity contribution in [2.24, 2.45) is 0 Å². The second kappa shape index (κ2) is 4.75. The molecule has 0 fully saturated rings. The first kappa shape index (κ1) is 11.3. The maximum absolute atomic E-state index is 11.9. The summed E-state index contributed by atoms with van der Waals surface area (Å²) in [5.74, 6) is 2.42. The van der Waals surface area contributed by atoms with Gasteiger partial charge in [0.15, 0.2) is 0 Å². The highest BCUT2D eigenvalue weighted by atomic mass is 16.1. The van der Waals surface area contributed by atoms with Crippen LogP contribution in [-0.2, 0) is 0 Å². The Kier molecular flexibility index (Phi) is 3.15. The first-order chi connectivity index (χ1) is 8.24. The van der Waals surface area contributed by atoms with Gasteiger partial charge in [-0.1, -0.05) is 12.8 Å². The number of aromatic nitrogens is 1. The van der Waals surface area contributed by atoms with E-state index < -0.39 is 0 Å². The average molecular weight is 226 g/mol. The zero-order valence-electron chi connectivity index (χ0n) is 9.66. The number of amides is 1. The molecule has 0 aliphatic carbocycles. The molecule has 1 aromatic carbocycles. The molecule has 0 bridgehead atoms. The minimum absolute atomic E-state index is 0.127. The van der Waals surface area contributed by atoms with Gasteiger partial charge in [0.1, 0.15) is 0 Å². The lowest BCUT2D eigenvalue weighted by Crippen LogP contribution is -2.33. The van der Waals surface area contributed by atoms with E-state index in [-0.39, 0.29) is 11.9 Å². The van der Waals surface area contributed by atoms with Gasteiger partial charge in [-0.2, -0.15) is 0 Å². The van der Waals surface area contributed by atoms with Crippen molar-refractivity contribution in [2.45, 2.75) is 19.4 Å². The van der Waals surface area contributed by atoms with Crippen molar-refractivity contribution in [2.75, 3.05) is 0 Å². The molecule has 0 aliphatic heterocycles. The van der Waals surface area contributed by atoms with Gasteiger partial charge in [-0.05, 0) is 30.7 Å². The number of benzene rings is 1. The van der Waals surface area contributed by atoms with Crippen molar-refractivity contribution < 1.29 is 4.79 Å². The summed E-state index contributed by atoms with van der Waals surface area (Å²) in [6.07, 6.45) is 7.89. The molecule has 0 saturated carbocycles. The number of fused-ring (bicyclic) bond motifs is 1. The van der Waals surface area contributed by atoms with Crippen molar-refractivity contribution in [1.82, 2.24) is 10.3 Å². The Labute approximate surface area is 100 Å². The predicted octanol–water partition coefficient (Wildman–Crippen LogP) is 2.31. The summed E-state index contributed by atoms with van der Waals surface area (Å²) in [4.78, 5) is 15.0. The van der Waals surface area contributed by atoms with Crippen LogP contribution in [0.2, 0.25) is 0 Å². The molecule has 2 N–H and O–H groups in total. The van der Waals surface area contributed by atoms with Crippen molar-refractivity contribution in [3.05, 3.63) is 36.0 Å². The molecule has 1 atom stereocenters. The second-order valence-corrected chi connectivity index (χ2v) is 3.88. The Morgan fingerprint density at radius 2 is 2.35 bits per heavy atom.